The average molecular weight is 193 g/mol. The molecule has 0 aliphatic carbocycles. The molecule has 0 bridgehead atoms. The van der Waals surface area contributed by atoms with Gasteiger partial charge in [-0.25, -0.2) is 4.98 Å². The minimum Gasteiger partial charge on any atom is -0.490 e. The van der Waals surface area contributed by atoms with Crippen LogP contribution in [0.25, 0.3) is 5.65 Å². The number of nitro groups is 1. The average Bonchev–Trinajstić information content (AvgIpc) is 2.62. The highest BCUT2D eigenvalue weighted by atomic mass is 16.6. The normalized spacial score (nSPS) is 10.4. The van der Waals surface area contributed by atoms with Crippen molar-refractivity contribution in [3.05, 3.63) is 34.8 Å². The summed E-state index contributed by atoms with van der Waals surface area (Å²) in [5.74, 6) is 0.216. The number of rotatable bonds is 2. The molecule has 0 radical (unpaired) electrons. The Balaban J connectivity index is 2.72. The smallest absolute Gasteiger partial charge is 0.327 e. The fraction of sp³-hybridized carbons (Fsp3) is 0.125. The maximum atomic E-state index is 10.6. The monoisotopic (exact) mass is 193 g/mol. The Labute approximate surface area is 78.9 Å². The summed E-state index contributed by atoms with van der Waals surface area (Å²) >= 11 is 0. The minimum atomic E-state index is -0.488. The second kappa shape index (κ2) is 2.99. The van der Waals surface area contributed by atoms with Crippen molar-refractivity contribution in [2.24, 2.45) is 0 Å². The van der Waals surface area contributed by atoms with Crippen molar-refractivity contribution in [1.29, 1.82) is 0 Å². The van der Waals surface area contributed by atoms with Crippen LogP contribution in [0.2, 0.25) is 0 Å². The van der Waals surface area contributed by atoms with Crippen LogP contribution in [0, 0.1) is 10.1 Å². The van der Waals surface area contributed by atoms with E-state index in [9.17, 15) is 10.1 Å². The zero-order valence-corrected chi connectivity index (χ0v) is 7.38. The Hall–Kier alpha value is -2.11. The number of aromatic nitrogens is 2. The highest BCUT2D eigenvalue weighted by Gasteiger charge is 2.15. The zero-order chi connectivity index (χ0) is 10.1. The van der Waals surface area contributed by atoms with Crippen LogP contribution in [0.5, 0.6) is 5.75 Å². The third-order valence-corrected chi connectivity index (χ3v) is 1.89. The maximum Gasteiger partial charge on any atom is 0.327 e. The molecule has 0 aromatic carbocycles. The first-order valence-electron chi connectivity index (χ1n) is 3.87. The Bertz CT molecular complexity index is 492. The molecule has 6 heteroatoms. The van der Waals surface area contributed by atoms with Gasteiger partial charge in [0.05, 0.1) is 18.2 Å². The van der Waals surface area contributed by atoms with Crippen LogP contribution in [0.15, 0.2) is 24.7 Å². The van der Waals surface area contributed by atoms with E-state index >= 15 is 0 Å². The van der Waals surface area contributed by atoms with Crippen molar-refractivity contribution in [1.82, 2.24) is 9.38 Å². The molecule has 2 aromatic heterocycles. The molecule has 0 saturated heterocycles. The lowest BCUT2D eigenvalue weighted by atomic mass is 10.4. The summed E-state index contributed by atoms with van der Waals surface area (Å²) in [7, 11) is 1.39. The predicted molar refractivity (Wildman–Crippen MR) is 48.4 cm³/mol. The Kier molecular flexibility index (Phi) is 1.81. The van der Waals surface area contributed by atoms with Crippen LogP contribution in [-0.2, 0) is 0 Å². The molecule has 0 saturated carbocycles. The van der Waals surface area contributed by atoms with E-state index in [-0.39, 0.29) is 11.4 Å². The van der Waals surface area contributed by atoms with Crippen molar-refractivity contribution < 1.29 is 9.66 Å². The molecule has 0 N–H and O–H groups in total. The Morgan fingerprint density at radius 3 is 3.07 bits per heavy atom. The zero-order valence-electron chi connectivity index (χ0n) is 7.38. The molecule has 0 aliphatic rings. The van der Waals surface area contributed by atoms with Gasteiger partial charge in [0, 0.05) is 18.5 Å². The van der Waals surface area contributed by atoms with Gasteiger partial charge in [-0.1, -0.05) is 0 Å². The highest BCUT2D eigenvalue weighted by Crippen LogP contribution is 2.27. The van der Waals surface area contributed by atoms with Gasteiger partial charge in [0.1, 0.15) is 5.65 Å². The summed E-state index contributed by atoms with van der Waals surface area (Å²) in [6, 6.07) is 1.53. The summed E-state index contributed by atoms with van der Waals surface area (Å²) in [5, 5.41) is 10.6. The van der Waals surface area contributed by atoms with E-state index in [4.69, 9.17) is 4.74 Å². The van der Waals surface area contributed by atoms with E-state index in [1.165, 1.54) is 19.4 Å². The first kappa shape index (κ1) is 8.49. The largest absolute Gasteiger partial charge is 0.490 e. The van der Waals surface area contributed by atoms with Gasteiger partial charge in [-0.2, -0.15) is 0 Å². The van der Waals surface area contributed by atoms with Gasteiger partial charge >= 0.3 is 5.69 Å². The number of hydrogen-bond acceptors (Lipinski definition) is 4. The Morgan fingerprint density at radius 2 is 2.43 bits per heavy atom. The van der Waals surface area contributed by atoms with E-state index < -0.39 is 4.92 Å². The third kappa shape index (κ3) is 1.17. The van der Waals surface area contributed by atoms with E-state index in [2.05, 4.69) is 4.98 Å². The van der Waals surface area contributed by atoms with E-state index in [0.29, 0.717) is 5.65 Å². The van der Waals surface area contributed by atoms with E-state index in [1.807, 2.05) is 0 Å². The Morgan fingerprint density at radius 1 is 1.64 bits per heavy atom. The molecule has 0 atom stereocenters. The predicted octanol–water partition coefficient (Wildman–Crippen LogP) is 1.25. The molecule has 0 amide bonds. The molecule has 2 aromatic rings. The molecule has 0 unspecified atom stereocenters. The molecular weight excluding hydrogens is 186 g/mol. The van der Waals surface area contributed by atoms with Crippen LogP contribution in [-0.4, -0.2) is 21.4 Å². The molecule has 0 spiro atoms. The lowest BCUT2D eigenvalue weighted by Gasteiger charge is -2.01. The van der Waals surface area contributed by atoms with Crippen molar-refractivity contribution in [2.45, 2.75) is 0 Å². The van der Waals surface area contributed by atoms with Crippen LogP contribution >= 0.6 is 0 Å². The van der Waals surface area contributed by atoms with E-state index in [0.717, 1.165) is 0 Å². The summed E-state index contributed by atoms with van der Waals surface area (Å²) in [5.41, 5.74) is 0.547. The standard InChI is InChI=1S/C8H7N3O3/c1-14-7-4-8-9-2-3-10(8)5-6(7)11(12)13/h2-5H,1H3. The summed E-state index contributed by atoms with van der Waals surface area (Å²) in [6.45, 7) is 0. The van der Waals surface area contributed by atoms with Crippen molar-refractivity contribution in [2.75, 3.05) is 7.11 Å². The highest BCUT2D eigenvalue weighted by molar-refractivity contribution is 5.54. The fourth-order valence-electron chi connectivity index (χ4n) is 1.23. The van der Waals surface area contributed by atoms with Crippen LogP contribution < -0.4 is 4.74 Å². The number of nitrogens with zero attached hydrogens (tertiary/aromatic N) is 3. The SMILES string of the molecule is COc1cc2nccn2cc1[N+](=O)[O-]. The van der Waals surface area contributed by atoms with Crippen LogP contribution in [0.3, 0.4) is 0 Å². The number of hydrogen-bond donors (Lipinski definition) is 0. The number of imidazole rings is 1. The molecule has 0 fully saturated rings. The fourth-order valence-corrected chi connectivity index (χ4v) is 1.23. The first-order chi connectivity index (χ1) is 6.72. The molecule has 2 heterocycles. The van der Waals surface area contributed by atoms with Crippen molar-refractivity contribution >= 4 is 11.3 Å². The minimum absolute atomic E-state index is 0.0713. The third-order valence-electron chi connectivity index (χ3n) is 1.89. The molecule has 2 rings (SSSR count). The quantitative estimate of drug-likeness (QED) is 0.531. The van der Waals surface area contributed by atoms with E-state index in [1.54, 1.807) is 16.8 Å². The van der Waals surface area contributed by atoms with Crippen molar-refractivity contribution in [3.63, 3.8) is 0 Å². The first-order valence-corrected chi connectivity index (χ1v) is 3.87. The van der Waals surface area contributed by atoms with Gasteiger partial charge in [-0.05, 0) is 0 Å². The number of ether oxygens (including phenoxy) is 1. The van der Waals surface area contributed by atoms with Gasteiger partial charge in [0.25, 0.3) is 0 Å². The van der Waals surface area contributed by atoms with Crippen LogP contribution in [0.4, 0.5) is 5.69 Å². The second-order valence-corrected chi connectivity index (χ2v) is 2.68. The molecule has 6 nitrogen and oxygen atoms in total. The van der Waals surface area contributed by atoms with Crippen LogP contribution in [0.1, 0.15) is 0 Å². The molecule has 72 valence electrons. The summed E-state index contributed by atoms with van der Waals surface area (Å²) < 4.78 is 6.46. The van der Waals surface area contributed by atoms with Gasteiger partial charge in [-0.15, -0.1) is 0 Å². The van der Waals surface area contributed by atoms with Gasteiger partial charge in [0.2, 0.25) is 5.75 Å². The van der Waals surface area contributed by atoms with Gasteiger partial charge < -0.3 is 4.74 Å². The maximum absolute atomic E-state index is 10.6. The summed E-state index contributed by atoms with van der Waals surface area (Å²) in [4.78, 5) is 14.1. The topological polar surface area (TPSA) is 69.7 Å². The number of pyridine rings is 1. The second-order valence-electron chi connectivity index (χ2n) is 2.68. The lowest BCUT2D eigenvalue weighted by Crippen LogP contribution is -1.96. The van der Waals surface area contributed by atoms with Crippen molar-refractivity contribution in [3.8, 4) is 5.75 Å². The lowest BCUT2D eigenvalue weighted by molar-refractivity contribution is -0.386. The summed E-state index contributed by atoms with van der Waals surface area (Å²) in [6.07, 6.45) is 4.58. The molecule has 14 heavy (non-hydrogen) atoms. The number of methoxy groups -OCH3 is 1. The van der Waals surface area contributed by atoms with Gasteiger partial charge in [0.15, 0.2) is 0 Å². The number of fused-ring (bicyclic) bond motifs is 1. The molecular formula is C8H7N3O3. The van der Waals surface area contributed by atoms with Gasteiger partial charge in [-0.3, -0.25) is 14.5 Å². The molecule has 0 aliphatic heterocycles.